The summed E-state index contributed by atoms with van der Waals surface area (Å²) in [4.78, 5) is 43.8. The number of hydrogen-bond donors (Lipinski definition) is 1. The molecule has 2 aromatic carbocycles. The van der Waals surface area contributed by atoms with E-state index in [-0.39, 0.29) is 49.2 Å². The molecular weight excluding hydrogens is 461 g/mol. The summed E-state index contributed by atoms with van der Waals surface area (Å²) in [5, 5.41) is 6.32. The van der Waals surface area contributed by atoms with Gasteiger partial charge in [-0.1, -0.05) is 69.7 Å². The fourth-order valence-corrected chi connectivity index (χ4v) is 4.96. The van der Waals surface area contributed by atoms with E-state index >= 15 is 0 Å². The monoisotopic (exact) mass is 495 g/mol. The molecular formula is C27H34FN5O3. The molecule has 2 fully saturated rings. The summed E-state index contributed by atoms with van der Waals surface area (Å²) < 4.78 is 13.5. The van der Waals surface area contributed by atoms with Crippen molar-refractivity contribution in [1.82, 2.24) is 25.1 Å². The second-order valence-electron chi connectivity index (χ2n) is 9.43. The predicted molar refractivity (Wildman–Crippen MR) is 133 cm³/mol. The SMILES string of the molecule is CCC(C)[C@H]1C(=O)N(Cc2ccc(F)cc2)C[C@H]2N1C(=O)CN(CC)N2C(=O)NCc1ccccc1. The van der Waals surface area contributed by atoms with E-state index in [1.807, 2.05) is 51.1 Å². The Morgan fingerprint density at radius 2 is 1.75 bits per heavy atom. The van der Waals surface area contributed by atoms with Gasteiger partial charge in [0, 0.05) is 19.6 Å². The number of carbonyl (C=O) groups is 3. The van der Waals surface area contributed by atoms with Crippen LogP contribution in [0.25, 0.3) is 0 Å². The summed E-state index contributed by atoms with van der Waals surface area (Å²) >= 11 is 0. The molecule has 4 amide bonds. The number of nitrogens with zero attached hydrogens (tertiary/aromatic N) is 4. The van der Waals surface area contributed by atoms with Gasteiger partial charge in [0.15, 0.2) is 0 Å². The van der Waals surface area contributed by atoms with Crippen molar-refractivity contribution in [3.63, 3.8) is 0 Å². The van der Waals surface area contributed by atoms with E-state index in [9.17, 15) is 18.8 Å². The van der Waals surface area contributed by atoms with Crippen molar-refractivity contribution in [2.45, 2.75) is 52.5 Å². The van der Waals surface area contributed by atoms with Crippen molar-refractivity contribution in [2.24, 2.45) is 5.92 Å². The number of urea groups is 1. The normalized spacial score (nSPS) is 21.4. The number of rotatable bonds is 7. The average Bonchev–Trinajstić information content (AvgIpc) is 2.89. The molecule has 36 heavy (non-hydrogen) atoms. The van der Waals surface area contributed by atoms with Gasteiger partial charge < -0.3 is 15.1 Å². The highest BCUT2D eigenvalue weighted by Gasteiger charge is 2.52. The number of fused-ring (bicyclic) bond motifs is 1. The summed E-state index contributed by atoms with van der Waals surface area (Å²) in [6.45, 7) is 7.14. The Labute approximate surface area is 211 Å². The van der Waals surface area contributed by atoms with E-state index in [4.69, 9.17) is 0 Å². The molecule has 2 aromatic rings. The van der Waals surface area contributed by atoms with Gasteiger partial charge in [0.05, 0.1) is 13.1 Å². The lowest BCUT2D eigenvalue weighted by atomic mass is 9.92. The predicted octanol–water partition coefficient (Wildman–Crippen LogP) is 3.20. The number of piperazine rings is 1. The quantitative estimate of drug-likeness (QED) is 0.640. The van der Waals surface area contributed by atoms with Crippen LogP contribution in [0.3, 0.4) is 0 Å². The Morgan fingerprint density at radius 3 is 2.39 bits per heavy atom. The maximum atomic E-state index is 13.7. The number of likely N-dealkylation sites (N-methyl/N-ethyl adjacent to an activating group) is 1. The Bertz CT molecular complexity index is 1080. The first-order valence-corrected chi connectivity index (χ1v) is 12.5. The maximum Gasteiger partial charge on any atom is 0.334 e. The first-order valence-electron chi connectivity index (χ1n) is 12.5. The molecule has 192 valence electrons. The minimum atomic E-state index is -0.676. The van der Waals surface area contributed by atoms with Crippen LogP contribution in [-0.2, 0) is 22.7 Å². The van der Waals surface area contributed by atoms with Crippen LogP contribution in [0.4, 0.5) is 9.18 Å². The zero-order valence-corrected chi connectivity index (χ0v) is 21.1. The van der Waals surface area contributed by atoms with Crippen LogP contribution in [0.1, 0.15) is 38.3 Å². The Hall–Kier alpha value is -3.46. The number of hydrogen-bond acceptors (Lipinski definition) is 4. The van der Waals surface area contributed by atoms with Crippen LogP contribution in [0, 0.1) is 11.7 Å². The van der Waals surface area contributed by atoms with Gasteiger partial charge >= 0.3 is 6.03 Å². The maximum absolute atomic E-state index is 13.7. The molecule has 0 bridgehead atoms. The zero-order chi connectivity index (χ0) is 25.8. The van der Waals surface area contributed by atoms with Gasteiger partial charge in [0.2, 0.25) is 11.8 Å². The highest BCUT2D eigenvalue weighted by atomic mass is 19.1. The number of hydrazine groups is 1. The lowest BCUT2D eigenvalue weighted by molar-refractivity contribution is -0.193. The minimum absolute atomic E-state index is 0.0317. The summed E-state index contributed by atoms with van der Waals surface area (Å²) in [5.41, 5.74) is 1.75. The third-order valence-corrected chi connectivity index (χ3v) is 7.09. The average molecular weight is 496 g/mol. The summed E-state index contributed by atoms with van der Waals surface area (Å²) in [6, 6.07) is 14.7. The number of carbonyl (C=O) groups excluding carboxylic acids is 3. The molecule has 1 N–H and O–H groups in total. The topological polar surface area (TPSA) is 76.2 Å². The second-order valence-corrected chi connectivity index (χ2v) is 9.43. The van der Waals surface area contributed by atoms with Gasteiger partial charge in [-0.05, 0) is 29.2 Å². The van der Waals surface area contributed by atoms with Crippen LogP contribution in [-0.4, -0.2) is 69.5 Å². The van der Waals surface area contributed by atoms with E-state index in [0.717, 1.165) is 11.1 Å². The molecule has 2 saturated heterocycles. The van der Waals surface area contributed by atoms with Crippen molar-refractivity contribution in [1.29, 1.82) is 0 Å². The highest BCUT2D eigenvalue weighted by molar-refractivity contribution is 5.91. The van der Waals surface area contributed by atoms with Crippen molar-refractivity contribution in [2.75, 3.05) is 19.6 Å². The Balaban J connectivity index is 1.65. The first-order chi connectivity index (χ1) is 17.3. The van der Waals surface area contributed by atoms with Crippen molar-refractivity contribution in [3.8, 4) is 0 Å². The van der Waals surface area contributed by atoms with E-state index < -0.39 is 12.2 Å². The van der Waals surface area contributed by atoms with Gasteiger partial charge in [-0.15, -0.1) is 0 Å². The molecule has 2 heterocycles. The third-order valence-electron chi connectivity index (χ3n) is 7.09. The van der Waals surface area contributed by atoms with Crippen LogP contribution in [0.2, 0.25) is 0 Å². The van der Waals surface area contributed by atoms with Gasteiger partial charge in [-0.3, -0.25) is 9.59 Å². The number of amides is 4. The van der Waals surface area contributed by atoms with Gasteiger partial charge in [0.25, 0.3) is 0 Å². The number of halogens is 1. The molecule has 0 radical (unpaired) electrons. The van der Waals surface area contributed by atoms with Crippen molar-refractivity contribution in [3.05, 3.63) is 71.5 Å². The molecule has 0 saturated carbocycles. The van der Waals surface area contributed by atoms with Crippen molar-refractivity contribution < 1.29 is 18.8 Å². The fourth-order valence-electron chi connectivity index (χ4n) is 4.96. The smallest absolute Gasteiger partial charge is 0.333 e. The molecule has 0 aromatic heterocycles. The second kappa shape index (κ2) is 11.1. The molecule has 3 atom stereocenters. The Morgan fingerprint density at radius 1 is 1.06 bits per heavy atom. The van der Waals surface area contributed by atoms with Crippen LogP contribution < -0.4 is 5.32 Å². The van der Waals surface area contributed by atoms with E-state index in [0.29, 0.717) is 19.5 Å². The minimum Gasteiger partial charge on any atom is -0.333 e. The molecule has 9 heteroatoms. The van der Waals surface area contributed by atoms with Gasteiger partial charge in [-0.2, -0.15) is 0 Å². The number of benzene rings is 2. The summed E-state index contributed by atoms with van der Waals surface area (Å²) in [7, 11) is 0. The van der Waals surface area contributed by atoms with Crippen LogP contribution in [0.15, 0.2) is 54.6 Å². The van der Waals surface area contributed by atoms with E-state index in [2.05, 4.69) is 5.32 Å². The lowest BCUT2D eigenvalue weighted by Crippen LogP contribution is -2.77. The molecule has 2 aliphatic rings. The first kappa shape index (κ1) is 25.6. The van der Waals surface area contributed by atoms with Crippen LogP contribution in [0.5, 0.6) is 0 Å². The van der Waals surface area contributed by atoms with E-state index in [1.165, 1.54) is 12.1 Å². The van der Waals surface area contributed by atoms with Crippen LogP contribution >= 0.6 is 0 Å². The molecule has 0 aliphatic carbocycles. The molecule has 4 rings (SSSR count). The highest BCUT2D eigenvalue weighted by Crippen LogP contribution is 2.31. The van der Waals surface area contributed by atoms with Gasteiger partial charge in [0.1, 0.15) is 18.0 Å². The standard InChI is InChI=1S/C27H34FN5O3/c1-4-19(3)25-26(35)30(16-21-11-13-22(28)14-12-21)17-23-32(25)24(34)18-31(5-2)33(23)27(36)29-15-20-9-7-6-8-10-20/h6-14,19,23,25H,4-5,15-18H2,1-3H3,(H,29,36)/t19?,23-,25-/m0/s1. The molecule has 2 aliphatic heterocycles. The molecule has 1 unspecified atom stereocenters. The summed E-state index contributed by atoms with van der Waals surface area (Å²) in [6.07, 6.45) is 0.0637. The van der Waals surface area contributed by atoms with Crippen molar-refractivity contribution >= 4 is 17.8 Å². The lowest BCUT2D eigenvalue weighted by Gasteiger charge is -2.56. The number of nitrogens with one attached hydrogen (secondary N) is 1. The van der Waals surface area contributed by atoms with Gasteiger partial charge in [-0.25, -0.2) is 19.2 Å². The Kier molecular flexibility index (Phi) is 7.88. The third kappa shape index (κ3) is 5.21. The fraction of sp³-hybridized carbons (Fsp3) is 0.444. The van der Waals surface area contributed by atoms with E-state index in [1.54, 1.807) is 32.0 Å². The largest absolute Gasteiger partial charge is 0.334 e. The summed E-state index contributed by atoms with van der Waals surface area (Å²) in [5.74, 6) is -0.741. The molecule has 8 nitrogen and oxygen atoms in total. The molecule has 0 spiro atoms. The zero-order valence-electron chi connectivity index (χ0n) is 21.1.